The number of esters is 2. The number of rotatable bonds is 10. The number of ether oxygens (including phenoxy) is 3. The highest BCUT2D eigenvalue weighted by Gasteiger charge is 2.41. The SMILES string of the molecule is CC1CCC(C(C)C)C(O[C@H]2OC(=O)C(Br)=C2N[C@@H](Cc2ccccc2)C(=O)Oc2ccc(-c3ccc(O)cc3)cc2)C1. The first kappa shape index (κ1) is 30.8. The van der Waals surface area contributed by atoms with Gasteiger partial charge in [-0.3, -0.25) is 0 Å². The molecule has 0 aromatic heterocycles. The molecule has 0 bridgehead atoms. The first-order chi connectivity index (χ1) is 20.7. The maximum absolute atomic E-state index is 13.6. The average molecular weight is 649 g/mol. The number of aromatic hydroxyl groups is 1. The van der Waals surface area contributed by atoms with Gasteiger partial charge in [-0.15, -0.1) is 0 Å². The molecule has 2 N–H and O–H groups in total. The lowest BCUT2D eigenvalue weighted by atomic mass is 9.75. The van der Waals surface area contributed by atoms with Crippen molar-refractivity contribution in [2.45, 2.75) is 64.9 Å². The summed E-state index contributed by atoms with van der Waals surface area (Å²) in [4.78, 5) is 26.4. The van der Waals surface area contributed by atoms with E-state index in [4.69, 9.17) is 14.2 Å². The summed E-state index contributed by atoms with van der Waals surface area (Å²) in [5, 5.41) is 12.8. The molecule has 3 aromatic rings. The molecule has 1 heterocycles. The van der Waals surface area contributed by atoms with Gasteiger partial charge in [0.25, 0.3) is 0 Å². The van der Waals surface area contributed by atoms with Gasteiger partial charge in [0.05, 0.1) is 6.10 Å². The van der Waals surface area contributed by atoms with Crippen LogP contribution in [-0.4, -0.2) is 35.5 Å². The second-order valence-electron chi connectivity index (χ2n) is 11.8. The molecule has 3 aromatic carbocycles. The van der Waals surface area contributed by atoms with Crippen molar-refractivity contribution >= 4 is 27.9 Å². The van der Waals surface area contributed by atoms with Crippen LogP contribution < -0.4 is 10.1 Å². The smallest absolute Gasteiger partial charge is 0.349 e. The lowest BCUT2D eigenvalue weighted by molar-refractivity contribution is -0.182. The van der Waals surface area contributed by atoms with Gasteiger partial charge >= 0.3 is 11.9 Å². The topological polar surface area (TPSA) is 94.1 Å². The number of carbonyl (C=O) groups is 2. The van der Waals surface area contributed by atoms with Crippen LogP contribution in [0.3, 0.4) is 0 Å². The number of halogens is 1. The monoisotopic (exact) mass is 647 g/mol. The van der Waals surface area contributed by atoms with E-state index in [1.165, 1.54) is 0 Å². The molecule has 1 aliphatic carbocycles. The number of benzene rings is 3. The van der Waals surface area contributed by atoms with Crippen molar-refractivity contribution in [2.24, 2.45) is 17.8 Å². The Hall–Kier alpha value is -3.62. The fourth-order valence-corrected chi connectivity index (χ4v) is 6.26. The molecule has 0 spiro atoms. The molecule has 0 amide bonds. The van der Waals surface area contributed by atoms with Crippen molar-refractivity contribution in [3.05, 3.63) is 94.6 Å². The van der Waals surface area contributed by atoms with Crippen LogP contribution in [0.1, 0.15) is 45.6 Å². The zero-order valence-corrected chi connectivity index (χ0v) is 26.3. The molecule has 8 heteroatoms. The van der Waals surface area contributed by atoms with Crippen LogP contribution in [0.2, 0.25) is 0 Å². The molecule has 3 unspecified atom stereocenters. The summed E-state index contributed by atoms with van der Waals surface area (Å²) < 4.78 is 18.2. The van der Waals surface area contributed by atoms with Crippen molar-refractivity contribution in [1.82, 2.24) is 5.32 Å². The third kappa shape index (κ3) is 7.67. The van der Waals surface area contributed by atoms with E-state index in [2.05, 4.69) is 42.0 Å². The summed E-state index contributed by atoms with van der Waals surface area (Å²) in [6.07, 6.45) is 2.41. The van der Waals surface area contributed by atoms with Gasteiger partial charge in [0.2, 0.25) is 6.29 Å². The number of phenolic OH excluding ortho intramolecular Hbond substituents is 1. The molecule has 1 saturated carbocycles. The number of nitrogens with one attached hydrogen (secondary N) is 1. The predicted molar refractivity (Wildman–Crippen MR) is 168 cm³/mol. The van der Waals surface area contributed by atoms with E-state index in [-0.39, 0.29) is 16.3 Å². The van der Waals surface area contributed by atoms with E-state index >= 15 is 0 Å². The minimum absolute atomic E-state index is 0.0663. The minimum Gasteiger partial charge on any atom is -0.508 e. The predicted octanol–water partition coefficient (Wildman–Crippen LogP) is 7.13. The Balaban J connectivity index is 1.35. The molecule has 7 nitrogen and oxygen atoms in total. The van der Waals surface area contributed by atoms with Gasteiger partial charge in [-0.1, -0.05) is 81.8 Å². The first-order valence-corrected chi connectivity index (χ1v) is 15.6. The van der Waals surface area contributed by atoms with E-state index in [0.29, 0.717) is 35.6 Å². The Morgan fingerprint density at radius 1 is 1.00 bits per heavy atom. The van der Waals surface area contributed by atoms with Gasteiger partial charge < -0.3 is 24.6 Å². The summed E-state index contributed by atoms with van der Waals surface area (Å²) in [5.74, 6) is 0.852. The highest BCUT2D eigenvalue weighted by molar-refractivity contribution is 9.12. The average Bonchev–Trinajstić information content (AvgIpc) is 3.25. The summed E-state index contributed by atoms with van der Waals surface area (Å²) in [6, 6.07) is 22.9. The van der Waals surface area contributed by atoms with Crippen LogP contribution in [0.25, 0.3) is 11.1 Å². The quantitative estimate of drug-likeness (QED) is 0.179. The van der Waals surface area contributed by atoms with Gasteiger partial charge in [0.1, 0.15) is 27.7 Å². The third-order valence-corrected chi connectivity index (χ3v) is 9.05. The fraction of sp³-hybridized carbons (Fsp3) is 0.371. The molecule has 0 saturated heterocycles. The van der Waals surface area contributed by atoms with E-state index in [1.807, 2.05) is 54.6 Å². The Morgan fingerprint density at radius 3 is 2.30 bits per heavy atom. The standard InChI is InChI=1S/C35H38BrNO6/c1-21(2)28-18-9-22(3)19-30(28)42-35-32(31(36)34(40)43-35)37-29(20-23-7-5-4-6-8-23)33(39)41-27-16-12-25(13-17-27)24-10-14-26(38)15-11-24/h4-8,10-17,21-22,28-30,35,37-38H,9,18-20H2,1-3H3/t22?,28?,29-,30?,35-/m0/s1. The van der Waals surface area contributed by atoms with Crippen LogP contribution in [0.4, 0.5) is 0 Å². The van der Waals surface area contributed by atoms with Crippen LogP contribution in [-0.2, 0) is 25.5 Å². The lowest BCUT2D eigenvalue weighted by Crippen LogP contribution is -2.45. The van der Waals surface area contributed by atoms with Crippen molar-refractivity contribution in [3.8, 4) is 22.6 Å². The first-order valence-electron chi connectivity index (χ1n) is 14.9. The van der Waals surface area contributed by atoms with Crippen molar-refractivity contribution in [3.63, 3.8) is 0 Å². The van der Waals surface area contributed by atoms with E-state index < -0.39 is 24.3 Å². The molecule has 2 aliphatic rings. The fourth-order valence-electron chi connectivity index (χ4n) is 5.87. The molecule has 43 heavy (non-hydrogen) atoms. The summed E-state index contributed by atoms with van der Waals surface area (Å²) in [7, 11) is 0. The van der Waals surface area contributed by atoms with E-state index in [1.54, 1.807) is 24.3 Å². The number of phenols is 1. The Kier molecular flexibility index (Phi) is 9.88. The molecular weight excluding hydrogens is 610 g/mol. The highest BCUT2D eigenvalue weighted by Crippen LogP contribution is 2.38. The van der Waals surface area contributed by atoms with Crippen molar-refractivity contribution in [1.29, 1.82) is 0 Å². The number of hydrogen-bond acceptors (Lipinski definition) is 7. The summed E-state index contributed by atoms with van der Waals surface area (Å²) in [5.41, 5.74) is 3.18. The largest absolute Gasteiger partial charge is 0.508 e. The van der Waals surface area contributed by atoms with Gasteiger partial charge in [0, 0.05) is 6.42 Å². The second-order valence-corrected chi connectivity index (χ2v) is 12.6. The van der Waals surface area contributed by atoms with Gasteiger partial charge in [-0.2, -0.15) is 0 Å². The van der Waals surface area contributed by atoms with Gasteiger partial charge in [-0.05, 0) is 87.5 Å². The molecule has 1 aliphatic heterocycles. The maximum Gasteiger partial charge on any atom is 0.349 e. The highest BCUT2D eigenvalue weighted by atomic mass is 79.9. The minimum atomic E-state index is -0.950. The summed E-state index contributed by atoms with van der Waals surface area (Å²) in [6.45, 7) is 6.62. The van der Waals surface area contributed by atoms with Crippen molar-refractivity contribution < 1.29 is 28.9 Å². The Labute approximate surface area is 261 Å². The molecule has 0 radical (unpaired) electrons. The van der Waals surface area contributed by atoms with Gasteiger partial charge in [-0.25, -0.2) is 9.59 Å². The molecule has 1 fully saturated rings. The Morgan fingerprint density at radius 2 is 1.65 bits per heavy atom. The zero-order chi connectivity index (χ0) is 30.5. The van der Waals surface area contributed by atoms with Crippen LogP contribution in [0.15, 0.2) is 89.0 Å². The third-order valence-electron chi connectivity index (χ3n) is 8.30. The zero-order valence-electron chi connectivity index (χ0n) is 24.7. The number of carbonyl (C=O) groups excluding carboxylic acids is 2. The van der Waals surface area contributed by atoms with Crippen molar-refractivity contribution in [2.75, 3.05) is 0 Å². The number of hydrogen-bond donors (Lipinski definition) is 2. The van der Waals surface area contributed by atoms with Gasteiger partial charge in [0.15, 0.2) is 0 Å². The normalized spacial score (nSPS) is 22.8. The number of cyclic esters (lactones) is 1. The molecule has 5 rings (SSSR count). The van der Waals surface area contributed by atoms with E-state index in [9.17, 15) is 14.7 Å². The van der Waals surface area contributed by atoms with Crippen LogP contribution in [0.5, 0.6) is 11.5 Å². The van der Waals surface area contributed by atoms with Crippen LogP contribution >= 0.6 is 15.9 Å². The Bertz CT molecular complexity index is 1440. The second kappa shape index (κ2) is 13.8. The van der Waals surface area contributed by atoms with Crippen LogP contribution in [0, 0.1) is 17.8 Å². The molecule has 5 atom stereocenters. The maximum atomic E-state index is 13.6. The molecular formula is C35H38BrNO6. The molecule has 226 valence electrons. The summed E-state index contributed by atoms with van der Waals surface area (Å²) >= 11 is 3.39. The lowest BCUT2D eigenvalue weighted by Gasteiger charge is -2.38. The van der Waals surface area contributed by atoms with E-state index in [0.717, 1.165) is 36.0 Å².